The predicted octanol–water partition coefficient (Wildman–Crippen LogP) is 0.127. The van der Waals surface area contributed by atoms with Gasteiger partial charge in [0.2, 0.25) is 5.69 Å². The van der Waals surface area contributed by atoms with Crippen LogP contribution in [0.2, 0.25) is 0 Å². The van der Waals surface area contributed by atoms with Gasteiger partial charge in [-0.1, -0.05) is 24.3 Å². The summed E-state index contributed by atoms with van der Waals surface area (Å²) in [6.45, 7) is 2.05. The highest BCUT2D eigenvalue weighted by Crippen LogP contribution is 2.21. The van der Waals surface area contributed by atoms with Gasteiger partial charge < -0.3 is 22.1 Å². The molecule has 0 radical (unpaired) electrons. The molecule has 0 aliphatic carbocycles. The van der Waals surface area contributed by atoms with Crippen LogP contribution in [0.3, 0.4) is 0 Å². The van der Waals surface area contributed by atoms with Crippen LogP contribution < -0.4 is 21.5 Å². The van der Waals surface area contributed by atoms with E-state index in [2.05, 4.69) is 25.1 Å². The van der Waals surface area contributed by atoms with Gasteiger partial charge in [-0.2, -0.15) is 4.57 Å². The molecular weight excluding hydrogens is 330 g/mol. The second kappa shape index (κ2) is 6.06. The standard InChI is InChI=1S/C17H13NO2.BrH/c1-12-15-7-3-2-5-13(15)8-9-16(12)18-10-4-6-14(11-18)17(19)20;/h2-11H,1H3;1H. The maximum absolute atomic E-state index is 11.1. The van der Waals surface area contributed by atoms with E-state index < -0.39 is 5.97 Å². The summed E-state index contributed by atoms with van der Waals surface area (Å²) < 4.78 is 1.85. The third-order valence-electron chi connectivity index (χ3n) is 3.50. The van der Waals surface area contributed by atoms with Crippen molar-refractivity contribution in [3.63, 3.8) is 0 Å². The zero-order chi connectivity index (χ0) is 14.1. The number of halogens is 1. The average Bonchev–Trinajstić information content (AvgIpc) is 2.48. The first kappa shape index (κ1) is 15.2. The summed E-state index contributed by atoms with van der Waals surface area (Å²) in [7, 11) is 0. The molecule has 1 aromatic heterocycles. The summed E-state index contributed by atoms with van der Waals surface area (Å²) in [5.74, 6) is -0.919. The van der Waals surface area contributed by atoms with E-state index in [9.17, 15) is 4.79 Å². The van der Waals surface area contributed by atoms with Crippen molar-refractivity contribution in [1.29, 1.82) is 0 Å². The van der Waals surface area contributed by atoms with Crippen molar-refractivity contribution in [3.8, 4) is 5.69 Å². The van der Waals surface area contributed by atoms with E-state index in [0.717, 1.165) is 11.3 Å². The molecule has 1 heterocycles. The molecule has 3 nitrogen and oxygen atoms in total. The summed E-state index contributed by atoms with van der Waals surface area (Å²) in [5.41, 5.74) is 2.41. The van der Waals surface area contributed by atoms with Crippen LogP contribution in [0.4, 0.5) is 0 Å². The Labute approximate surface area is 133 Å². The molecule has 21 heavy (non-hydrogen) atoms. The van der Waals surface area contributed by atoms with Crippen LogP contribution in [-0.4, -0.2) is 11.1 Å². The molecule has 4 heteroatoms. The summed E-state index contributed by atoms with van der Waals surface area (Å²) in [5, 5.41) is 11.4. The normalized spacial score (nSPS) is 10.1. The van der Waals surface area contributed by atoms with E-state index >= 15 is 0 Å². The molecule has 0 unspecified atom stereocenters. The van der Waals surface area contributed by atoms with Crippen molar-refractivity contribution in [2.75, 3.05) is 0 Å². The van der Waals surface area contributed by atoms with Gasteiger partial charge in [-0.25, -0.2) is 4.79 Å². The predicted molar refractivity (Wildman–Crippen MR) is 77.2 cm³/mol. The van der Waals surface area contributed by atoms with Gasteiger partial charge in [0.05, 0.1) is 0 Å². The van der Waals surface area contributed by atoms with Gasteiger partial charge in [-0.15, -0.1) is 0 Å². The fraction of sp³-hybridized carbons (Fsp3) is 0.0588. The van der Waals surface area contributed by atoms with Gasteiger partial charge >= 0.3 is 5.97 Å². The average molecular weight is 344 g/mol. The Morgan fingerprint density at radius 1 is 1.05 bits per heavy atom. The number of aryl methyl sites for hydroxylation is 1. The number of aromatic nitrogens is 1. The van der Waals surface area contributed by atoms with Crippen LogP contribution in [0, 0.1) is 6.92 Å². The van der Waals surface area contributed by atoms with Crippen LogP contribution in [-0.2, 0) is 0 Å². The number of rotatable bonds is 2. The van der Waals surface area contributed by atoms with Gasteiger partial charge in [-0.3, -0.25) is 0 Å². The van der Waals surface area contributed by atoms with Crippen molar-refractivity contribution in [1.82, 2.24) is 0 Å². The summed E-state index contributed by atoms with van der Waals surface area (Å²) in [6.07, 6.45) is 3.50. The minimum absolute atomic E-state index is 0. The number of pyridine rings is 1. The van der Waals surface area contributed by atoms with Gasteiger partial charge in [0.15, 0.2) is 12.4 Å². The highest BCUT2D eigenvalue weighted by Gasteiger charge is 2.14. The monoisotopic (exact) mass is 343 g/mol. The van der Waals surface area contributed by atoms with Crippen LogP contribution in [0.5, 0.6) is 0 Å². The van der Waals surface area contributed by atoms with E-state index in [1.54, 1.807) is 18.3 Å². The minimum Gasteiger partial charge on any atom is -1.00 e. The molecule has 1 N–H and O–H groups in total. The number of hydrogen-bond acceptors (Lipinski definition) is 1. The molecular formula is C17H14BrNO2. The first-order valence-corrected chi connectivity index (χ1v) is 6.40. The Bertz CT molecular complexity index is 815. The molecule has 0 spiro atoms. The second-order valence-electron chi connectivity index (χ2n) is 4.74. The zero-order valence-electron chi connectivity index (χ0n) is 11.5. The molecule has 0 bridgehead atoms. The number of nitrogens with zero attached hydrogens (tertiary/aromatic N) is 1. The molecule has 0 aliphatic rings. The number of carboxylic acids is 1. The van der Waals surface area contributed by atoms with E-state index in [0.29, 0.717) is 0 Å². The van der Waals surface area contributed by atoms with Crippen LogP contribution in [0.15, 0.2) is 60.9 Å². The highest BCUT2D eigenvalue weighted by molar-refractivity contribution is 5.88. The molecule has 0 aliphatic heterocycles. The van der Waals surface area contributed by atoms with Gasteiger partial charge in [0.25, 0.3) is 0 Å². The van der Waals surface area contributed by atoms with Crippen LogP contribution >= 0.6 is 0 Å². The van der Waals surface area contributed by atoms with Crippen molar-refractivity contribution in [3.05, 3.63) is 72.1 Å². The van der Waals surface area contributed by atoms with E-state index in [1.165, 1.54) is 10.8 Å². The Kier molecular flexibility index (Phi) is 4.38. The lowest BCUT2D eigenvalue weighted by molar-refractivity contribution is -0.596. The van der Waals surface area contributed by atoms with Gasteiger partial charge in [0.1, 0.15) is 5.56 Å². The van der Waals surface area contributed by atoms with E-state index in [-0.39, 0.29) is 22.5 Å². The molecule has 0 amide bonds. The third kappa shape index (κ3) is 2.81. The molecule has 2 aromatic carbocycles. The molecule has 0 atom stereocenters. The van der Waals surface area contributed by atoms with Crippen molar-refractivity contribution in [2.24, 2.45) is 0 Å². The van der Waals surface area contributed by atoms with Crippen molar-refractivity contribution >= 4 is 16.7 Å². The lowest BCUT2D eigenvalue weighted by Gasteiger charge is -2.05. The Morgan fingerprint density at radius 3 is 2.57 bits per heavy atom. The van der Waals surface area contributed by atoms with Crippen LogP contribution in [0.25, 0.3) is 16.5 Å². The molecule has 0 fully saturated rings. The Hall–Kier alpha value is -2.20. The number of aromatic carboxylic acids is 1. The first-order valence-electron chi connectivity index (χ1n) is 6.40. The van der Waals surface area contributed by atoms with Crippen molar-refractivity contribution in [2.45, 2.75) is 6.92 Å². The largest absolute Gasteiger partial charge is 1.00 e. The molecule has 106 valence electrons. The number of carbonyl (C=O) groups is 1. The third-order valence-corrected chi connectivity index (χ3v) is 3.50. The maximum Gasteiger partial charge on any atom is 0.341 e. The molecule has 3 aromatic rings. The van der Waals surface area contributed by atoms with Crippen LogP contribution in [0.1, 0.15) is 15.9 Å². The fourth-order valence-electron chi connectivity index (χ4n) is 2.45. The summed E-state index contributed by atoms with van der Waals surface area (Å²) in [6, 6.07) is 15.6. The highest BCUT2D eigenvalue weighted by atomic mass is 79.9. The summed E-state index contributed by atoms with van der Waals surface area (Å²) >= 11 is 0. The molecule has 0 saturated heterocycles. The number of hydrogen-bond donors (Lipinski definition) is 1. The van der Waals surface area contributed by atoms with E-state index in [1.807, 2.05) is 29.0 Å². The lowest BCUT2D eigenvalue weighted by atomic mass is 10.0. The minimum atomic E-state index is -0.919. The maximum atomic E-state index is 11.1. The Balaban J connectivity index is 0.00000161. The smallest absolute Gasteiger partial charge is 0.341 e. The second-order valence-corrected chi connectivity index (χ2v) is 4.74. The lowest BCUT2D eigenvalue weighted by Crippen LogP contribution is -3.00. The van der Waals surface area contributed by atoms with Gasteiger partial charge in [-0.05, 0) is 29.8 Å². The number of fused-ring (bicyclic) bond motifs is 1. The van der Waals surface area contributed by atoms with Gasteiger partial charge in [0, 0.05) is 17.7 Å². The Morgan fingerprint density at radius 2 is 1.81 bits per heavy atom. The SMILES string of the molecule is Cc1c(-[n+]2cccc(C(=O)O)c2)ccc2ccccc12.[Br-]. The first-order chi connectivity index (χ1) is 9.66. The van der Waals surface area contributed by atoms with E-state index in [4.69, 9.17) is 5.11 Å². The molecule has 0 saturated carbocycles. The number of benzene rings is 2. The topological polar surface area (TPSA) is 41.2 Å². The summed E-state index contributed by atoms with van der Waals surface area (Å²) in [4.78, 5) is 11.1. The number of carboxylic acid groups (broad SMARTS) is 1. The zero-order valence-corrected chi connectivity index (χ0v) is 13.0. The van der Waals surface area contributed by atoms with Crippen molar-refractivity contribution < 1.29 is 31.4 Å². The fourth-order valence-corrected chi connectivity index (χ4v) is 2.45. The quantitative estimate of drug-likeness (QED) is 0.672. The molecule has 3 rings (SSSR count).